The maximum atomic E-state index is 12.0. The Balaban J connectivity index is 2.09. The fourth-order valence-corrected chi connectivity index (χ4v) is 2.43. The fraction of sp³-hybridized carbons (Fsp3) is 0.118. The number of carbonyl (C=O) groups excluding carboxylic acids is 1. The molecule has 0 fully saturated rings. The molecule has 0 saturated carbocycles. The predicted molar refractivity (Wildman–Crippen MR) is 73.8 cm³/mol. The average molecular weight is 250 g/mol. The molecule has 0 atom stereocenters. The van der Waals surface area contributed by atoms with Crippen LogP contribution in [0.15, 0.2) is 72.5 Å². The first-order valence-corrected chi connectivity index (χ1v) is 6.31. The maximum Gasteiger partial charge on any atom is 0.200 e. The third kappa shape index (κ3) is 2.29. The SMILES string of the molecule is O=C1COC=C1C(c1ccccc1)c1ccccc1. The van der Waals surface area contributed by atoms with Gasteiger partial charge in [0, 0.05) is 11.5 Å². The molecule has 0 aliphatic carbocycles. The summed E-state index contributed by atoms with van der Waals surface area (Å²) in [7, 11) is 0. The highest BCUT2D eigenvalue weighted by Crippen LogP contribution is 2.33. The van der Waals surface area contributed by atoms with Crippen LogP contribution in [0.25, 0.3) is 0 Å². The van der Waals surface area contributed by atoms with E-state index in [0.717, 1.165) is 16.7 Å². The van der Waals surface area contributed by atoms with Crippen molar-refractivity contribution in [1.29, 1.82) is 0 Å². The summed E-state index contributed by atoms with van der Waals surface area (Å²) in [5.41, 5.74) is 2.95. The highest BCUT2D eigenvalue weighted by molar-refractivity contribution is 5.99. The van der Waals surface area contributed by atoms with Crippen molar-refractivity contribution in [2.75, 3.05) is 6.61 Å². The van der Waals surface area contributed by atoms with Gasteiger partial charge in [-0.05, 0) is 11.1 Å². The van der Waals surface area contributed by atoms with E-state index in [1.165, 1.54) is 0 Å². The van der Waals surface area contributed by atoms with Crippen LogP contribution in [-0.4, -0.2) is 12.4 Å². The van der Waals surface area contributed by atoms with E-state index in [1.54, 1.807) is 6.26 Å². The van der Waals surface area contributed by atoms with Gasteiger partial charge in [0.15, 0.2) is 12.4 Å². The van der Waals surface area contributed by atoms with Gasteiger partial charge in [0.05, 0.1) is 6.26 Å². The molecule has 2 aromatic rings. The number of carbonyl (C=O) groups is 1. The van der Waals surface area contributed by atoms with Crippen LogP contribution in [0.4, 0.5) is 0 Å². The minimum Gasteiger partial charge on any atom is -0.493 e. The van der Waals surface area contributed by atoms with Crippen LogP contribution in [-0.2, 0) is 9.53 Å². The first-order chi connectivity index (χ1) is 9.36. The standard InChI is InChI=1S/C17H14O2/c18-16-12-19-11-15(16)17(13-7-3-1-4-8-13)14-9-5-2-6-10-14/h1-11,17H,12H2. The number of rotatable bonds is 3. The monoisotopic (exact) mass is 250 g/mol. The fourth-order valence-electron chi connectivity index (χ4n) is 2.43. The Bertz CT molecular complexity index is 560. The van der Waals surface area contributed by atoms with E-state index in [9.17, 15) is 4.79 Å². The van der Waals surface area contributed by atoms with Crippen LogP contribution in [0.1, 0.15) is 17.0 Å². The molecule has 0 N–H and O–H groups in total. The molecule has 94 valence electrons. The Morgan fingerprint density at radius 3 is 1.79 bits per heavy atom. The molecule has 0 saturated heterocycles. The average Bonchev–Trinajstić information content (AvgIpc) is 2.88. The van der Waals surface area contributed by atoms with Crippen molar-refractivity contribution in [3.63, 3.8) is 0 Å². The molecular formula is C17H14O2. The molecule has 2 nitrogen and oxygen atoms in total. The number of hydrogen-bond acceptors (Lipinski definition) is 2. The summed E-state index contributed by atoms with van der Waals surface area (Å²) in [5, 5.41) is 0. The molecule has 1 aliphatic rings. The van der Waals surface area contributed by atoms with Gasteiger partial charge in [-0.25, -0.2) is 0 Å². The molecule has 0 unspecified atom stereocenters. The molecule has 0 aromatic heterocycles. The Morgan fingerprint density at radius 2 is 1.37 bits per heavy atom. The summed E-state index contributed by atoms with van der Waals surface area (Å²) in [6, 6.07) is 20.1. The van der Waals surface area contributed by atoms with E-state index < -0.39 is 0 Å². The van der Waals surface area contributed by atoms with Gasteiger partial charge in [-0.3, -0.25) is 4.79 Å². The van der Waals surface area contributed by atoms with Crippen LogP contribution >= 0.6 is 0 Å². The van der Waals surface area contributed by atoms with Crippen LogP contribution in [0.5, 0.6) is 0 Å². The van der Waals surface area contributed by atoms with Crippen LogP contribution < -0.4 is 0 Å². The van der Waals surface area contributed by atoms with E-state index in [0.29, 0.717) is 0 Å². The lowest BCUT2D eigenvalue weighted by atomic mass is 9.84. The van der Waals surface area contributed by atoms with Gasteiger partial charge in [0.1, 0.15) is 0 Å². The molecule has 1 heterocycles. The van der Waals surface area contributed by atoms with Crippen LogP contribution in [0.2, 0.25) is 0 Å². The molecule has 0 bridgehead atoms. The number of benzene rings is 2. The maximum absolute atomic E-state index is 12.0. The minimum absolute atomic E-state index is 0.0441. The van der Waals surface area contributed by atoms with Crippen LogP contribution in [0, 0.1) is 0 Å². The Kier molecular flexibility index (Phi) is 3.15. The van der Waals surface area contributed by atoms with Crippen molar-refractivity contribution in [2.45, 2.75) is 5.92 Å². The summed E-state index contributed by atoms with van der Waals surface area (Å²) in [4.78, 5) is 12.0. The summed E-state index contributed by atoms with van der Waals surface area (Å²) < 4.78 is 5.18. The number of Topliss-reactive ketones (excluding diaryl/α,β-unsaturated/α-hetero) is 1. The lowest BCUT2D eigenvalue weighted by Gasteiger charge is -2.17. The zero-order chi connectivity index (χ0) is 13.1. The second-order valence-corrected chi connectivity index (χ2v) is 4.56. The molecule has 0 radical (unpaired) electrons. The summed E-state index contributed by atoms with van der Waals surface area (Å²) >= 11 is 0. The van der Waals surface area contributed by atoms with Crippen molar-refractivity contribution >= 4 is 5.78 Å². The molecule has 0 spiro atoms. The lowest BCUT2D eigenvalue weighted by Crippen LogP contribution is -2.11. The normalized spacial score (nSPS) is 14.4. The summed E-state index contributed by atoms with van der Waals surface area (Å²) in [6.45, 7) is 0.158. The smallest absolute Gasteiger partial charge is 0.200 e. The van der Waals surface area contributed by atoms with Crippen molar-refractivity contribution in [1.82, 2.24) is 0 Å². The van der Waals surface area contributed by atoms with Crippen molar-refractivity contribution in [3.05, 3.63) is 83.6 Å². The third-order valence-corrected chi connectivity index (χ3v) is 3.32. The second kappa shape index (κ2) is 5.11. The van der Waals surface area contributed by atoms with Crippen molar-refractivity contribution in [2.24, 2.45) is 0 Å². The van der Waals surface area contributed by atoms with E-state index in [1.807, 2.05) is 60.7 Å². The number of ether oxygens (including phenoxy) is 1. The first kappa shape index (κ1) is 11.7. The van der Waals surface area contributed by atoms with Crippen molar-refractivity contribution in [3.8, 4) is 0 Å². The molecule has 2 heteroatoms. The Morgan fingerprint density at radius 1 is 0.842 bits per heavy atom. The van der Waals surface area contributed by atoms with Gasteiger partial charge in [-0.1, -0.05) is 60.7 Å². The predicted octanol–water partition coefficient (Wildman–Crippen LogP) is 3.30. The van der Waals surface area contributed by atoms with Gasteiger partial charge in [0.2, 0.25) is 0 Å². The summed E-state index contributed by atoms with van der Waals surface area (Å²) in [6.07, 6.45) is 1.60. The second-order valence-electron chi connectivity index (χ2n) is 4.56. The van der Waals surface area contributed by atoms with E-state index >= 15 is 0 Å². The molecular weight excluding hydrogens is 236 g/mol. The quantitative estimate of drug-likeness (QED) is 0.835. The number of hydrogen-bond donors (Lipinski definition) is 0. The largest absolute Gasteiger partial charge is 0.493 e. The first-order valence-electron chi connectivity index (χ1n) is 6.31. The van der Waals surface area contributed by atoms with Crippen LogP contribution in [0.3, 0.4) is 0 Å². The Labute approximate surface area is 112 Å². The molecule has 3 rings (SSSR count). The lowest BCUT2D eigenvalue weighted by molar-refractivity contribution is -0.116. The Hall–Kier alpha value is -2.35. The van der Waals surface area contributed by atoms with E-state index in [-0.39, 0.29) is 18.3 Å². The molecule has 19 heavy (non-hydrogen) atoms. The topological polar surface area (TPSA) is 26.3 Å². The van der Waals surface area contributed by atoms with E-state index in [4.69, 9.17) is 4.74 Å². The van der Waals surface area contributed by atoms with Gasteiger partial charge in [0.25, 0.3) is 0 Å². The number of ketones is 1. The van der Waals surface area contributed by atoms with Gasteiger partial charge in [-0.15, -0.1) is 0 Å². The third-order valence-electron chi connectivity index (χ3n) is 3.32. The zero-order valence-corrected chi connectivity index (χ0v) is 10.5. The molecule has 0 amide bonds. The molecule has 1 aliphatic heterocycles. The van der Waals surface area contributed by atoms with Gasteiger partial charge >= 0.3 is 0 Å². The van der Waals surface area contributed by atoms with Crippen molar-refractivity contribution < 1.29 is 9.53 Å². The zero-order valence-electron chi connectivity index (χ0n) is 10.5. The molecule has 2 aromatic carbocycles. The summed E-state index contributed by atoms with van der Waals surface area (Å²) in [5.74, 6) is 0.0232. The highest BCUT2D eigenvalue weighted by Gasteiger charge is 2.27. The van der Waals surface area contributed by atoms with Gasteiger partial charge in [-0.2, -0.15) is 0 Å². The van der Waals surface area contributed by atoms with E-state index in [2.05, 4.69) is 0 Å². The van der Waals surface area contributed by atoms with Gasteiger partial charge < -0.3 is 4.74 Å². The highest BCUT2D eigenvalue weighted by atomic mass is 16.5. The minimum atomic E-state index is -0.0441.